The molecule has 5 heteroatoms. The molecule has 1 aliphatic rings. The number of carbonyl (C=O) groups excluding carboxylic acids is 1. The Morgan fingerprint density at radius 1 is 0.604 bits per heavy atom. The van der Waals surface area contributed by atoms with Gasteiger partial charge in [0.2, 0.25) is 0 Å². The lowest BCUT2D eigenvalue weighted by molar-refractivity contribution is 0.112. The predicted octanol–water partition coefficient (Wildman–Crippen LogP) is 12.5. The molecule has 0 fully saturated rings. The summed E-state index contributed by atoms with van der Waals surface area (Å²) in [5.74, 6) is 0. The van der Waals surface area contributed by atoms with E-state index in [0.29, 0.717) is 0 Å². The summed E-state index contributed by atoms with van der Waals surface area (Å²) in [6.45, 7) is 4.69. The highest BCUT2D eigenvalue weighted by Crippen LogP contribution is 2.55. The van der Waals surface area contributed by atoms with E-state index in [1.54, 1.807) is 0 Å². The van der Waals surface area contributed by atoms with Crippen molar-refractivity contribution in [3.63, 3.8) is 0 Å². The van der Waals surface area contributed by atoms with Crippen molar-refractivity contribution < 1.29 is 4.79 Å². The van der Waals surface area contributed by atoms with E-state index in [9.17, 15) is 4.79 Å². The van der Waals surface area contributed by atoms with Crippen molar-refractivity contribution in [3.8, 4) is 42.7 Å². The van der Waals surface area contributed by atoms with Gasteiger partial charge in [0.05, 0.1) is 26.0 Å². The van der Waals surface area contributed by atoms with Crippen LogP contribution in [0.4, 0.5) is 17.1 Å². The van der Waals surface area contributed by atoms with Crippen LogP contribution < -0.4 is 4.90 Å². The first-order chi connectivity index (χ1) is 23.5. The van der Waals surface area contributed by atoms with Gasteiger partial charge in [-0.1, -0.05) is 68.4 Å². The van der Waals surface area contributed by atoms with Gasteiger partial charge < -0.3 is 9.47 Å². The molecule has 0 saturated heterocycles. The molecule has 1 aliphatic carbocycles. The van der Waals surface area contributed by atoms with E-state index in [1.165, 1.54) is 60.3 Å². The number of hydrogen-bond acceptors (Lipinski definition) is 4. The summed E-state index contributed by atoms with van der Waals surface area (Å²) < 4.78 is 2.24. The van der Waals surface area contributed by atoms with Crippen LogP contribution in [-0.4, -0.2) is 10.9 Å². The third-order valence-corrected chi connectivity index (χ3v) is 12.3. The Morgan fingerprint density at radius 3 is 1.77 bits per heavy atom. The molecule has 0 atom stereocenters. The quantitative estimate of drug-likeness (QED) is 0.144. The summed E-state index contributed by atoms with van der Waals surface area (Å²) in [5, 5.41) is 0. The SMILES string of the molecule is CCC1(CC)c2cc(-c3ccc(-c4ccc(-c5ccc(C=O)s5)n4C)s3)ccc2-c2ccc(N(c3ccccc3)c3ccccc3)cc21. The van der Waals surface area contributed by atoms with Crippen LogP contribution in [-0.2, 0) is 12.5 Å². The normalized spacial score (nSPS) is 12.9. The molecule has 0 saturated carbocycles. The van der Waals surface area contributed by atoms with Gasteiger partial charge in [0.15, 0.2) is 6.29 Å². The second kappa shape index (κ2) is 12.2. The Hall–Kier alpha value is -4.97. The average molecular weight is 661 g/mol. The van der Waals surface area contributed by atoms with Gasteiger partial charge in [0.1, 0.15) is 0 Å². The number of para-hydroxylation sites is 2. The standard InChI is InChI=1S/C43H36N2OS2/c1-4-43(5-2)36-26-29(40-24-25-42(48-40)39-22-21-38(44(39)3)41-23-18-33(28-46)47-41)16-19-34(36)35-20-17-32(27-37(35)43)45(30-12-8-6-9-13-30)31-14-10-7-11-15-31/h6-28H,4-5H2,1-3H3. The van der Waals surface area contributed by atoms with Crippen molar-refractivity contribution in [3.05, 3.63) is 149 Å². The molecule has 0 bridgehead atoms. The smallest absolute Gasteiger partial charge is 0.160 e. The summed E-state index contributed by atoms with van der Waals surface area (Å²) >= 11 is 3.37. The number of aromatic nitrogens is 1. The Balaban J connectivity index is 1.17. The third kappa shape index (κ3) is 4.88. The monoisotopic (exact) mass is 660 g/mol. The predicted molar refractivity (Wildman–Crippen MR) is 204 cm³/mol. The highest BCUT2D eigenvalue weighted by Gasteiger charge is 2.41. The van der Waals surface area contributed by atoms with Crippen molar-refractivity contribution in [2.45, 2.75) is 32.1 Å². The van der Waals surface area contributed by atoms with E-state index in [1.807, 2.05) is 23.5 Å². The van der Waals surface area contributed by atoms with Crippen molar-refractivity contribution in [1.82, 2.24) is 4.57 Å². The fraction of sp³-hybridized carbons (Fsp3) is 0.140. The van der Waals surface area contributed by atoms with E-state index < -0.39 is 0 Å². The molecule has 0 amide bonds. The molecular formula is C43H36N2OS2. The molecule has 3 nitrogen and oxygen atoms in total. The first-order valence-corrected chi connectivity index (χ1v) is 18.2. The summed E-state index contributed by atoms with van der Waals surface area (Å²) in [5.41, 5.74) is 12.5. The zero-order valence-electron chi connectivity index (χ0n) is 27.3. The molecule has 7 aromatic rings. The van der Waals surface area contributed by atoms with E-state index in [2.05, 4.69) is 152 Å². The van der Waals surface area contributed by atoms with E-state index in [4.69, 9.17) is 0 Å². The maximum absolute atomic E-state index is 11.3. The van der Waals surface area contributed by atoms with Crippen LogP contribution in [0.3, 0.4) is 0 Å². The highest BCUT2D eigenvalue weighted by atomic mass is 32.1. The number of thiophene rings is 2. The Kier molecular flexibility index (Phi) is 7.74. The molecule has 48 heavy (non-hydrogen) atoms. The second-order valence-corrected chi connectivity index (χ2v) is 14.6. The van der Waals surface area contributed by atoms with E-state index in [0.717, 1.165) is 46.0 Å². The minimum absolute atomic E-state index is 0.0656. The van der Waals surface area contributed by atoms with Crippen LogP contribution >= 0.6 is 22.7 Å². The molecule has 236 valence electrons. The van der Waals surface area contributed by atoms with Crippen LogP contribution in [0.1, 0.15) is 47.5 Å². The molecule has 0 N–H and O–H groups in total. The lowest BCUT2D eigenvalue weighted by atomic mass is 9.73. The summed E-state index contributed by atoms with van der Waals surface area (Å²) in [7, 11) is 2.11. The molecule has 0 unspecified atom stereocenters. The molecule has 0 aliphatic heterocycles. The molecule has 3 heterocycles. The molecule has 4 aromatic carbocycles. The van der Waals surface area contributed by atoms with Crippen LogP contribution in [0.25, 0.3) is 42.7 Å². The van der Waals surface area contributed by atoms with Crippen molar-refractivity contribution in [2.24, 2.45) is 7.05 Å². The summed E-state index contributed by atoms with van der Waals surface area (Å²) in [6, 6.07) is 48.3. The second-order valence-electron chi connectivity index (χ2n) is 12.4. The fourth-order valence-electron chi connectivity index (χ4n) is 7.58. The van der Waals surface area contributed by atoms with Gasteiger partial charge >= 0.3 is 0 Å². The summed E-state index contributed by atoms with van der Waals surface area (Å²) in [4.78, 5) is 18.0. The highest BCUT2D eigenvalue weighted by molar-refractivity contribution is 7.18. The maximum Gasteiger partial charge on any atom is 0.160 e. The van der Waals surface area contributed by atoms with Gasteiger partial charge in [0.25, 0.3) is 0 Å². The van der Waals surface area contributed by atoms with Gasteiger partial charge in [-0.15, -0.1) is 22.7 Å². The zero-order valence-corrected chi connectivity index (χ0v) is 28.9. The van der Waals surface area contributed by atoms with Gasteiger partial charge in [-0.25, -0.2) is 0 Å². The number of carbonyl (C=O) groups is 1. The van der Waals surface area contributed by atoms with Crippen molar-refractivity contribution >= 4 is 46.0 Å². The maximum atomic E-state index is 11.3. The number of nitrogens with zero attached hydrogens (tertiary/aromatic N) is 2. The van der Waals surface area contributed by atoms with Gasteiger partial charge in [-0.3, -0.25) is 4.79 Å². The van der Waals surface area contributed by atoms with Crippen LogP contribution in [0.5, 0.6) is 0 Å². The number of benzene rings is 4. The molecule has 3 aromatic heterocycles. The topological polar surface area (TPSA) is 25.2 Å². The zero-order chi connectivity index (χ0) is 32.8. The first kappa shape index (κ1) is 30.4. The molecule has 0 radical (unpaired) electrons. The lowest BCUT2D eigenvalue weighted by Crippen LogP contribution is -2.23. The molecular weight excluding hydrogens is 625 g/mol. The minimum Gasteiger partial charge on any atom is -0.342 e. The lowest BCUT2D eigenvalue weighted by Gasteiger charge is -2.32. The largest absolute Gasteiger partial charge is 0.342 e. The number of anilines is 3. The third-order valence-electron chi connectivity index (χ3n) is 10.1. The Labute approximate surface area is 290 Å². The minimum atomic E-state index is -0.0656. The number of fused-ring (bicyclic) bond motifs is 3. The van der Waals surface area contributed by atoms with Crippen LogP contribution in [0.15, 0.2) is 133 Å². The fourth-order valence-corrected chi connectivity index (χ4v) is 9.53. The number of rotatable bonds is 9. The van der Waals surface area contributed by atoms with Crippen molar-refractivity contribution in [2.75, 3.05) is 4.90 Å². The van der Waals surface area contributed by atoms with Gasteiger partial charge in [-0.2, -0.15) is 0 Å². The molecule has 0 spiro atoms. The first-order valence-electron chi connectivity index (χ1n) is 16.6. The van der Waals surface area contributed by atoms with Crippen LogP contribution in [0.2, 0.25) is 0 Å². The number of aldehydes is 1. The van der Waals surface area contributed by atoms with Crippen molar-refractivity contribution in [1.29, 1.82) is 0 Å². The molecule has 8 rings (SSSR count). The Bertz CT molecular complexity index is 2210. The summed E-state index contributed by atoms with van der Waals surface area (Å²) in [6.07, 6.45) is 2.99. The average Bonchev–Trinajstić information content (AvgIpc) is 3.94. The Morgan fingerprint density at radius 2 is 1.17 bits per heavy atom. The van der Waals surface area contributed by atoms with Crippen LogP contribution in [0, 0.1) is 0 Å². The van der Waals surface area contributed by atoms with E-state index in [-0.39, 0.29) is 5.41 Å². The van der Waals surface area contributed by atoms with Gasteiger partial charge in [0, 0.05) is 34.4 Å². The van der Waals surface area contributed by atoms with E-state index >= 15 is 0 Å². The number of hydrogen-bond donors (Lipinski definition) is 0. The van der Waals surface area contributed by atoms with Gasteiger partial charge in [-0.05, 0) is 120 Å².